The van der Waals surface area contributed by atoms with Gasteiger partial charge in [0.15, 0.2) is 0 Å². The number of nitrogens with one attached hydrogen (secondary N) is 1. The van der Waals surface area contributed by atoms with Crippen LogP contribution >= 0.6 is 0 Å². The normalized spacial score (nSPS) is 12.1. The lowest BCUT2D eigenvalue weighted by molar-refractivity contribution is 0.0939. The Bertz CT molecular complexity index is 1180. The van der Waals surface area contributed by atoms with Crippen LogP contribution in [0.5, 0.6) is 0 Å². The second-order valence-electron chi connectivity index (χ2n) is 7.21. The number of carbonyl (C=O) groups is 1. The lowest BCUT2D eigenvalue weighted by Crippen LogP contribution is -2.27. The van der Waals surface area contributed by atoms with Gasteiger partial charge in [0, 0.05) is 29.3 Å². The first kappa shape index (κ1) is 18.9. The molecule has 5 heteroatoms. The molecule has 0 aliphatic carbocycles. The van der Waals surface area contributed by atoms with Crippen molar-refractivity contribution in [3.63, 3.8) is 0 Å². The fourth-order valence-electron chi connectivity index (χ4n) is 3.56. The molecule has 2 aromatic carbocycles. The van der Waals surface area contributed by atoms with E-state index in [9.17, 15) is 4.79 Å². The molecule has 1 unspecified atom stereocenters. The highest BCUT2D eigenvalue weighted by molar-refractivity contribution is 5.96. The highest BCUT2D eigenvalue weighted by atomic mass is 16.1. The second kappa shape index (κ2) is 7.87. The summed E-state index contributed by atoms with van der Waals surface area (Å²) in [4.78, 5) is 17.7. The van der Waals surface area contributed by atoms with Crippen molar-refractivity contribution in [2.45, 2.75) is 33.4 Å². The number of aromatic nitrogens is 3. The fraction of sp³-hybridized carbons (Fsp3) is 0.208. The number of carbonyl (C=O) groups excluding carboxylic acids is 1. The number of fused-ring (bicyclic) bond motifs is 1. The number of amides is 1. The molecule has 1 N–H and O–H groups in total. The number of pyridine rings is 1. The van der Waals surface area contributed by atoms with E-state index in [1.165, 1.54) is 0 Å². The van der Waals surface area contributed by atoms with E-state index >= 15 is 0 Å². The zero-order valence-electron chi connectivity index (χ0n) is 16.9. The first-order valence-electron chi connectivity index (χ1n) is 9.86. The predicted octanol–water partition coefficient (Wildman–Crippen LogP) is 4.92. The molecule has 5 nitrogen and oxygen atoms in total. The summed E-state index contributed by atoms with van der Waals surface area (Å²) >= 11 is 0. The van der Waals surface area contributed by atoms with E-state index in [4.69, 9.17) is 4.98 Å². The zero-order valence-corrected chi connectivity index (χ0v) is 16.9. The Labute approximate surface area is 170 Å². The number of aryl methyl sites for hydroxylation is 2. The van der Waals surface area contributed by atoms with Gasteiger partial charge < -0.3 is 5.32 Å². The summed E-state index contributed by atoms with van der Waals surface area (Å²) in [6.07, 6.45) is 3.83. The van der Waals surface area contributed by atoms with Gasteiger partial charge in [-0.3, -0.25) is 9.48 Å². The van der Waals surface area contributed by atoms with Gasteiger partial charge in [-0.25, -0.2) is 4.98 Å². The SMILES string of the molecule is CCn1cc(-c2cc(C(C)NC(=O)c3ccccc3C)c3ccccc3n2)cn1. The maximum atomic E-state index is 12.8. The summed E-state index contributed by atoms with van der Waals surface area (Å²) < 4.78 is 1.88. The summed E-state index contributed by atoms with van der Waals surface area (Å²) in [6, 6.07) is 17.5. The predicted molar refractivity (Wildman–Crippen MR) is 116 cm³/mol. The molecule has 0 spiro atoms. The molecule has 2 aromatic heterocycles. The van der Waals surface area contributed by atoms with E-state index in [1.54, 1.807) is 0 Å². The Hall–Kier alpha value is -3.47. The Morgan fingerprint density at radius 1 is 1.14 bits per heavy atom. The van der Waals surface area contributed by atoms with E-state index in [0.29, 0.717) is 5.56 Å². The van der Waals surface area contributed by atoms with Gasteiger partial charge in [-0.2, -0.15) is 5.10 Å². The molecule has 29 heavy (non-hydrogen) atoms. The van der Waals surface area contributed by atoms with Crippen molar-refractivity contribution in [3.8, 4) is 11.3 Å². The second-order valence-corrected chi connectivity index (χ2v) is 7.21. The van der Waals surface area contributed by atoms with Crippen molar-refractivity contribution in [2.24, 2.45) is 0 Å². The van der Waals surface area contributed by atoms with Crippen molar-refractivity contribution >= 4 is 16.8 Å². The number of rotatable bonds is 5. The smallest absolute Gasteiger partial charge is 0.252 e. The highest BCUT2D eigenvalue weighted by Gasteiger charge is 2.17. The molecule has 146 valence electrons. The minimum Gasteiger partial charge on any atom is -0.345 e. The molecular formula is C24H24N4O. The molecule has 0 bridgehead atoms. The van der Waals surface area contributed by atoms with Crippen LogP contribution in [-0.4, -0.2) is 20.7 Å². The third-order valence-electron chi connectivity index (χ3n) is 5.20. The van der Waals surface area contributed by atoms with Crippen LogP contribution in [0.1, 0.15) is 41.4 Å². The van der Waals surface area contributed by atoms with Gasteiger partial charge in [0.1, 0.15) is 0 Å². The minimum absolute atomic E-state index is 0.0724. The van der Waals surface area contributed by atoms with Gasteiger partial charge in [0.25, 0.3) is 5.91 Å². The van der Waals surface area contributed by atoms with Crippen molar-refractivity contribution in [3.05, 3.63) is 83.7 Å². The molecule has 4 aromatic rings. The van der Waals surface area contributed by atoms with E-state index in [0.717, 1.165) is 39.8 Å². The third-order valence-corrected chi connectivity index (χ3v) is 5.20. The molecule has 0 fully saturated rings. The van der Waals surface area contributed by atoms with Crippen molar-refractivity contribution < 1.29 is 4.79 Å². The van der Waals surface area contributed by atoms with Crippen LogP contribution in [0.25, 0.3) is 22.2 Å². The molecular weight excluding hydrogens is 360 g/mol. The zero-order chi connectivity index (χ0) is 20.4. The van der Waals surface area contributed by atoms with Gasteiger partial charge in [0.2, 0.25) is 0 Å². The summed E-state index contributed by atoms with van der Waals surface area (Å²) in [5, 5.41) is 8.56. The average Bonchev–Trinajstić information content (AvgIpc) is 3.22. The monoisotopic (exact) mass is 384 g/mol. The molecule has 2 heterocycles. The standard InChI is InChI=1S/C24H24N4O/c1-4-28-15-18(14-25-28)23-13-21(20-11-7-8-12-22(20)27-23)17(3)26-24(29)19-10-6-5-9-16(19)2/h5-15,17H,4H2,1-3H3,(H,26,29). The molecule has 0 saturated heterocycles. The number of hydrogen-bond acceptors (Lipinski definition) is 3. The lowest BCUT2D eigenvalue weighted by Gasteiger charge is -2.18. The lowest BCUT2D eigenvalue weighted by atomic mass is 9.99. The molecule has 0 saturated carbocycles. The molecule has 0 aliphatic heterocycles. The maximum absolute atomic E-state index is 12.8. The van der Waals surface area contributed by atoms with Crippen LogP contribution in [0.4, 0.5) is 0 Å². The third kappa shape index (κ3) is 3.76. The van der Waals surface area contributed by atoms with E-state index in [-0.39, 0.29) is 11.9 Å². The van der Waals surface area contributed by atoms with Crippen molar-refractivity contribution in [2.75, 3.05) is 0 Å². The van der Waals surface area contributed by atoms with Gasteiger partial charge in [-0.1, -0.05) is 36.4 Å². The van der Waals surface area contributed by atoms with Crippen LogP contribution in [0.2, 0.25) is 0 Å². The number of benzene rings is 2. The summed E-state index contributed by atoms with van der Waals surface area (Å²) in [7, 11) is 0. The van der Waals surface area contributed by atoms with Crippen molar-refractivity contribution in [1.29, 1.82) is 0 Å². The molecule has 0 aliphatic rings. The van der Waals surface area contributed by atoms with Crippen LogP contribution in [0, 0.1) is 6.92 Å². The van der Waals surface area contributed by atoms with Crippen molar-refractivity contribution in [1.82, 2.24) is 20.1 Å². The first-order valence-corrected chi connectivity index (χ1v) is 9.86. The molecule has 4 rings (SSSR count). The molecule has 0 radical (unpaired) electrons. The Kier molecular flexibility index (Phi) is 5.12. The average molecular weight is 384 g/mol. The largest absolute Gasteiger partial charge is 0.345 e. The van der Waals surface area contributed by atoms with E-state index in [1.807, 2.05) is 79.5 Å². The Balaban J connectivity index is 1.73. The number of hydrogen-bond donors (Lipinski definition) is 1. The molecule has 1 atom stereocenters. The summed E-state index contributed by atoms with van der Waals surface area (Å²) in [6.45, 7) is 6.82. The van der Waals surface area contributed by atoms with Crippen LogP contribution in [0.15, 0.2) is 67.0 Å². The topological polar surface area (TPSA) is 59.8 Å². The highest BCUT2D eigenvalue weighted by Crippen LogP contribution is 2.29. The quantitative estimate of drug-likeness (QED) is 0.531. The van der Waals surface area contributed by atoms with Gasteiger partial charge >= 0.3 is 0 Å². The summed E-state index contributed by atoms with van der Waals surface area (Å²) in [5.74, 6) is -0.0724. The maximum Gasteiger partial charge on any atom is 0.252 e. The van der Waals surface area contributed by atoms with Gasteiger partial charge in [-0.05, 0) is 50.1 Å². The summed E-state index contributed by atoms with van der Waals surface area (Å²) in [5.41, 5.74) is 5.43. The Morgan fingerprint density at radius 3 is 2.66 bits per heavy atom. The molecule has 1 amide bonds. The van der Waals surface area contributed by atoms with Crippen LogP contribution in [-0.2, 0) is 6.54 Å². The number of para-hydroxylation sites is 1. The van der Waals surface area contributed by atoms with E-state index in [2.05, 4.69) is 23.4 Å². The Morgan fingerprint density at radius 2 is 1.90 bits per heavy atom. The van der Waals surface area contributed by atoms with Crippen LogP contribution in [0.3, 0.4) is 0 Å². The van der Waals surface area contributed by atoms with Gasteiger partial charge in [-0.15, -0.1) is 0 Å². The van der Waals surface area contributed by atoms with Gasteiger partial charge in [0.05, 0.1) is 23.4 Å². The fourth-order valence-corrected chi connectivity index (χ4v) is 3.56. The minimum atomic E-state index is -0.171. The van der Waals surface area contributed by atoms with Crippen LogP contribution < -0.4 is 5.32 Å². The first-order chi connectivity index (χ1) is 14.1. The number of nitrogens with zero attached hydrogens (tertiary/aromatic N) is 3. The van der Waals surface area contributed by atoms with E-state index < -0.39 is 0 Å².